The third-order valence-electron chi connectivity index (χ3n) is 6.95. The molecule has 2 fully saturated rings. The molecule has 1 aliphatic heterocycles. The lowest BCUT2D eigenvalue weighted by molar-refractivity contribution is -0.149. The molecule has 0 spiro atoms. The maximum Gasteiger partial charge on any atom is 0.407 e. The fourth-order valence-corrected chi connectivity index (χ4v) is 6.12. The van der Waals surface area contributed by atoms with Crippen LogP contribution >= 0.6 is 11.8 Å². The summed E-state index contributed by atoms with van der Waals surface area (Å²) in [5.74, 6) is -0.702. The quantitative estimate of drug-likeness (QED) is 0.674. The summed E-state index contributed by atoms with van der Waals surface area (Å²) in [6.45, 7) is 0.169. The van der Waals surface area contributed by atoms with Crippen molar-refractivity contribution < 1.29 is 24.2 Å². The zero-order valence-electron chi connectivity index (χ0n) is 18.1. The first-order valence-electron chi connectivity index (χ1n) is 11.3. The fraction of sp³-hybridized carbons (Fsp3) is 0.400. The lowest BCUT2D eigenvalue weighted by atomic mass is 9.79. The molecule has 2 aliphatic carbocycles. The Labute approximate surface area is 196 Å². The smallest absolute Gasteiger partial charge is 0.407 e. The molecule has 2 amide bonds. The molecule has 172 valence electrons. The van der Waals surface area contributed by atoms with Crippen molar-refractivity contribution in [2.45, 2.75) is 37.3 Å². The first kappa shape index (κ1) is 21.8. The largest absolute Gasteiger partial charge is 0.480 e. The van der Waals surface area contributed by atoms with Crippen LogP contribution in [0.1, 0.15) is 36.3 Å². The van der Waals surface area contributed by atoms with E-state index >= 15 is 0 Å². The number of carboxylic acid groups (broad SMARTS) is 1. The van der Waals surface area contributed by atoms with Gasteiger partial charge in [-0.25, -0.2) is 9.59 Å². The van der Waals surface area contributed by atoms with E-state index in [9.17, 15) is 19.5 Å². The summed E-state index contributed by atoms with van der Waals surface area (Å²) in [7, 11) is 0. The van der Waals surface area contributed by atoms with Crippen LogP contribution in [0.4, 0.5) is 4.79 Å². The normalized spacial score (nSPS) is 20.5. The molecule has 2 unspecified atom stereocenters. The van der Waals surface area contributed by atoms with Gasteiger partial charge >= 0.3 is 12.1 Å². The Hall–Kier alpha value is -3.00. The van der Waals surface area contributed by atoms with Crippen LogP contribution < -0.4 is 5.32 Å². The average Bonchev–Trinajstić information content (AvgIpc) is 3.39. The molecule has 5 rings (SSSR count). The van der Waals surface area contributed by atoms with E-state index in [0.717, 1.165) is 41.5 Å². The summed E-state index contributed by atoms with van der Waals surface area (Å²) in [4.78, 5) is 38.9. The third-order valence-corrected chi connectivity index (χ3v) is 7.97. The highest BCUT2D eigenvalue weighted by Crippen LogP contribution is 2.44. The van der Waals surface area contributed by atoms with Gasteiger partial charge in [0.25, 0.3) is 0 Å². The van der Waals surface area contributed by atoms with Crippen LogP contribution in [-0.4, -0.2) is 58.3 Å². The van der Waals surface area contributed by atoms with Gasteiger partial charge in [-0.2, -0.15) is 0 Å². The molecule has 1 heterocycles. The number of amides is 2. The Bertz CT molecular complexity index is 1040. The van der Waals surface area contributed by atoms with E-state index in [2.05, 4.69) is 29.6 Å². The topological polar surface area (TPSA) is 95.9 Å². The SMILES string of the molecule is O=C(NC(C(=O)N1CSCC1C(=O)O)C1CCC1)OCC1c2ccccc2-c2ccccc21. The molecule has 1 saturated carbocycles. The first-order valence-corrected chi connectivity index (χ1v) is 12.4. The first-order chi connectivity index (χ1) is 16.0. The van der Waals surface area contributed by atoms with Crippen LogP contribution in [0.2, 0.25) is 0 Å². The fourth-order valence-electron chi connectivity index (χ4n) is 4.96. The number of benzene rings is 2. The van der Waals surface area contributed by atoms with E-state index in [-0.39, 0.29) is 24.3 Å². The Morgan fingerprint density at radius 3 is 2.27 bits per heavy atom. The van der Waals surface area contributed by atoms with Crippen molar-refractivity contribution in [3.63, 3.8) is 0 Å². The van der Waals surface area contributed by atoms with Crippen LogP contribution in [-0.2, 0) is 14.3 Å². The number of alkyl carbamates (subject to hydrolysis) is 1. The minimum atomic E-state index is -1.01. The maximum absolute atomic E-state index is 13.2. The van der Waals surface area contributed by atoms with Crippen molar-refractivity contribution in [1.82, 2.24) is 10.2 Å². The summed E-state index contributed by atoms with van der Waals surface area (Å²) in [5, 5.41) is 12.2. The van der Waals surface area contributed by atoms with Crippen LogP contribution in [0, 0.1) is 5.92 Å². The van der Waals surface area contributed by atoms with E-state index in [4.69, 9.17) is 4.74 Å². The third kappa shape index (κ3) is 4.08. The van der Waals surface area contributed by atoms with Gasteiger partial charge in [0.05, 0.1) is 5.88 Å². The van der Waals surface area contributed by atoms with Gasteiger partial charge in [-0.1, -0.05) is 55.0 Å². The summed E-state index contributed by atoms with van der Waals surface area (Å²) in [6.07, 6.45) is 2.02. The molecule has 2 atom stereocenters. The van der Waals surface area contributed by atoms with Gasteiger partial charge in [0.1, 0.15) is 18.7 Å². The molecule has 2 aromatic carbocycles. The Morgan fingerprint density at radius 2 is 1.70 bits per heavy atom. The summed E-state index contributed by atoms with van der Waals surface area (Å²) < 4.78 is 5.63. The van der Waals surface area contributed by atoms with Crippen molar-refractivity contribution in [3.8, 4) is 11.1 Å². The lowest BCUT2D eigenvalue weighted by Crippen LogP contribution is -2.56. The minimum Gasteiger partial charge on any atom is -0.480 e. The van der Waals surface area contributed by atoms with E-state index in [1.807, 2.05) is 24.3 Å². The molecule has 2 N–H and O–H groups in total. The lowest BCUT2D eigenvalue weighted by Gasteiger charge is -2.36. The molecule has 0 bridgehead atoms. The van der Waals surface area contributed by atoms with Gasteiger partial charge in [0, 0.05) is 11.7 Å². The van der Waals surface area contributed by atoms with Gasteiger partial charge in [-0.15, -0.1) is 11.8 Å². The number of hydrogen-bond acceptors (Lipinski definition) is 5. The van der Waals surface area contributed by atoms with E-state index in [1.54, 1.807) is 0 Å². The molecule has 33 heavy (non-hydrogen) atoms. The van der Waals surface area contributed by atoms with Crippen LogP contribution in [0.15, 0.2) is 48.5 Å². The van der Waals surface area contributed by atoms with Crippen molar-refractivity contribution in [2.75, 3.05) is 18.2 Å². The van der Waals surface area contributed by atoms with Crippen molar-refractivity contribution in [2.24, 2.45) is 5.92 Å². The number of hydrogen-bond donors (Lipinski definition) is 2. The van der Waals surface area contributed by atoms with Gasteiger partial charge in [0.15, 0.2) is 0 Å². The standard InChI is InChI=1S/C25H26N2O5S/c28-23(27-14-33-13-21(27)24(29)30)22(15-6-5-7-15)26-25(31)32-12-20-18-10-3-1-8-16(18)17-9-2-4-11-19(17)20/h1-4,8-11,15,20-22H,5-7,12-14H2,(H,26,31)(H,29,30). The van der Waals surface area contributed by atoms with Crippen molar-refractivity contribution >= 4 is 29.7 Å². The Balaban J connectivity index is 1.28. The number of nitrogens with one attached hydrogen (secondary N) is 1. The number of aliphatic carboxylic acids is 1. The number of carbonyl (C=O) groups is 3. The molecule has 0 aromatic heterocycles. The maximum atomic E-state index is 13.2. The number of thioether (sulfide) groups is 1. The van der Waals surface area contributed by atoms with Crippen molar-refractivity contribution in [3.05, 3.63) is 59.7 Å². The molecule has 2 aromatic rings. The highest BCUT2D eigenvalue weighted by molar-refractivity contribution is 7.99. The predicted octanol–water partition coefficient (Wildman–Crippen LogP) is 3.68. The average molecular weight is 467 g/mol. The zero-order chi connectivity index (χ0) is 22.9. The van der Waals surface area contributed by atoms with Crippen molar-refractivity contribution in [1.29, 1.82) is 0 Å². The Morgan fingerprint density at radius 1 is 1.06 bits per heavy atom. The van der Waals surface area contributed by atoms with Gasteiger partial charge in [0.2, 0.25) is 5.91 Å². The molecular weight excluding hydrogens is 440 g/mol. The van der Waals surface area contributed by atoms with E-state index in [1.165, 1.54) is 16.7 Å². The number of carboxylic acids is 1. The highest BCUT2D eigenvalue weighted by Gasteiger charge is 2.42. The van der Waals surface area contributed by atoms with Crippen LogP contribution in [0.3, 0.4) is 0 Å². The van der Waals surface area contributed by atoms with Crippen LogP contribution in [0.5, 0.6) is 0 Å². The summed E-state index contributed by atoms with van der Waals surface area (Å²) in [5.41, 5.74) is 4.54. The Kier molecular flexibility index (Phi) is 6.01. The molecule has 1 saturated heterocycles. The second kappa shape index (κ2) is 9.09. The number of rotatable bonds is 6. The van der Waals surface area contributed by atoms with Crippen LogP contribution in [0.25, 0.3) is 11.1 Å². The number of ether oxygens (including phenoxy) is 1. The van der Waals surface area contributed by atoms with Gasteiger partial charge in [-0.05, 0) is 41.0 Å². The molecular formula is C25H26N2O5S. The highest BCUT2D eigenvalue weighted by atomic mass is 32.2. The molecule has 3 aliphatic rings. The minimum absolute atomic E-state index is 0.0121. The summed E-state index contributed by atoms with van der Waals surface area (Å²) in [6, 6.07) is 14.6. The molecule has 0 radical (unpaired) electrons. The molecule has 8 heteroatoms. The van der Waals surface area contributed by atoms with E-state index < -0.39 is 24.1 Å². The summed E-state index contributed by atoms with van der Waals surface area (Å²) >= 11 is 1.41. The second-order valence-electron chi connectivity index (χ2n) is 8.80. The van der Waals surface area contributed by atoms with Gasteiger partial charge in [-0.3, -0.25) is 4.79 Å². The van der Waals surface area contributed by atoms with Gasteiger partial charge < -0.3 is 20.1 Å². The monoisotopic (exact) mass is 466 g/mol. The van der Waals surface area contributed by atoms with E-state index in [0.29, 0.717) is 11.6 Å². The zero-order valence-corrected chi connectivity index (χ0v) is 18.9. The number of carbonyl (C=O) groups excluding carboxylic acids is 2. The predicted molar refractivity (Wildman–Crippen MR) is 125 cm³/mol. The molecule has 7 nitrogen and oxygen atoms in total. The number of nitrogens with zero attached hydrogens (tertiary/aromatic N) is 1. The second-order valence-corrected chi connectivity index (χ2v) is 9.80. The number of fused-ring (bicyclic) bond motifs is 3.